The summed E-state index contributed by atoms with van der Waals surface area (Å²) in [5, 5.41) is 19.4. The molecule has 1 rings (SSSR count). The third-order valence-corrected chi connectivity index (χ3v) is 2.91. The van der Waals surface area contributed by atoms with Gasteiger partial charge in [-0.3, -0.25) is 14.9 Å². The minimum Gasteiger partial charge on any atom is -0.353 e. The summed E-state index contributed by atoms with van der Waals surface area (Å²) in [5.41, 5.74) is -0.151. The van der Waals surface area contributed by atoms with Gasteiger partial charge in [-0.1, -0.05) is 11.6 Å². The Bertz CT molecular complexity index is 601. The molecule has 1 aromatic rings. The number of anilines is 1. The van der Waals surface area contributed by atoms with Crippen molar-refractivity contribution in [2.75, 3.05) is 11.9 Å². The van der Waals surface area contributed by atoms with E-state index >= 15 is 0 Å². The molecule has 0 heterocycles. The van der Waals surface area contributed by atoms with Crippen molar-refractivity contribution in [1.29, 1.82) is 0 Å². The van der Waals surface area contributed by atoms with Gasteiger partial charge < -0.3 is 16.0 Å². The van der Waals surface area contributed by atoms with Crippen LogP contribution in [0.1, 0.15) is 20.8 Å². The Balaban J connectivity index is 2.60. The van der Waals surface area contributed by atoms with Crippen LogP contribution in [0.25, 0.3) is 0 Å². The Labute approximate surface area is 138 Å². The number of benzene rings is 1. The molecule has 0 aromatic heterocycles. The number of non-ortho nitro benzene ring substituents is 1. The van der Waals surface area contributed by atoms with Crippen LogP contribution in [-0.4, -0.2) is 28.0 Å². The van der Waals surface area contributed by atoms with E-state index in [4.69, 9.17) is 23.8 Å². The van der Waals surface area contributed by atoms with Gasteiger partial charge in [-0.2, -0.15) is 0 Å². The molecule has 120 valence electrons. The van der Waals surface area contributed by atoms with Gasteiger partial charge in [0.25, 0.3) is 5.69 Å². The van der Waals surface area contributed by atoms with E-state index in [0.717, 1.165) is 0 Å². The van der Waals surface area contributed by atoms with Crippen molar-refractivity contribution in [3.8, 4) is 0 Å². The molecule has 0 bridgehead atoms. The summed E-state index contributed by atoms with van der Waals surface area (Å²) in [6.45, 7) is 5.58. The third kappa shape index (κ3) is 6.23. The Hall–Kier alpha value is -1.93. The molecular formula is C13H17ClN4O3S. The van der Waals surface area contributed by atoms with E-state index in [1.165, 1.54) is 18.2 Å². The number of carbonyl (C=O) groups is 1. The molecule has 0 atom stereocenters. The van der Waals surface area contributed by atoms with Crippen LogP contribution < -0.4 is 16.0 Å². The summed E-state index contributed by atoms with van der Waals surface area (Å²) in [4.78, 5) is 21.8. The Kier molecular flexibility index (Phi) is 6.07. The van der Waals surface area contributed by atoms with E-state index in [0.29, 0.717) is 5.69 Å². The van der Waals surface area contributed by atoms with Crippen LogP contribution in [0.15, 0.2) is 18.2 Å². The van der Waals surface area contributed by atoms with Gasteiger partial charge in [0.2, 0.25) is 5.91 Å². The van der Waals surface area contributed by atoms with Crippen LogP contribution in [0.3, 0.4) is 0 Å². The number of halogens is 1. The SMILES string of the molecule is CC(C)(C)NC(=O)CNC(=S)Nc1cc([N+](=O)[O-])ccc1Cl. The first-order chi connectivity index (χ1) is 10.1. The molecule has 0 aliphatic rings. The molecule has 0 saturated carbocycles. The maximum absolute atomic E-state index is 11.6. The van der Waals surface area contributed by atoms with E-state index in [-0.39, 0.29) is 33.8 Å². The number of nitro groups is 1. The second-order valence-corrected chi connectivity index (χ2v) is 6.34. The zero-order chi connectivity index (χ0) is 16.9. The van der Waals surface area contributed by atoms with Crippen LogP contribution >= 0.6 is 23.8 Å². The Morgan fingerprint density at radius 1 is 1.41 bits per heavy atom. The van der Waals surface area contributed by atoms with Gasteiger partial charge in [-0.05, 0) is 39.1 Å². The molecule has 9 heteroatoms. The fourth-order valence-electron chi connectivity index (χ4n) is 1.51. The topological polar surface area (TPSA) is 96.3 Å². The fraction of sp³-hybridized carbons (Fsp3) is 0.385. The molecule has 0 spiro atoms. The molecule has 3 N–H and O–H groups in total. The molecule has 0 aliphatic heterocycles. The number of rotatable bonds is 4. The van der Waals surface area contributed by atoms with Crippen molar-refractivity contribution in [2.24, 2.45) is 0 Å². The number of hydrogen-bond acceptors (Lipinski definition) is 4. The first kappa shape index (κ1) is 18.1. The largest absolute Gasteiger partial charge is 0.353 e. The van der Waals surface area contributed by atoms with Gasteiger partial charge in [0.05, 0.1) is 22.2 Å². The predicted molar refractivity (Wildman–Crippen MR) is 90.2 cm³/mol. The number of amides is 1. The van der Waals surface area contributed by atoms with Crippen molar-refractivity contribution >= 4 is 46.2 Å². The summed E-state index contributed by atoms with van der Waals surface area (Å²) in [5.74, 6) is -0.221. The van der Waals surface area contributed by atoms with Crippen molar-refractivity contribution in [2.45, 2.75) is 26.3 Å². The van der Waals surface area contributed by atoms with Gasteiger partial charge in [0, 0.05) is 17.7 Å². The Morgan fingerprint density at radius 3 is 2.59 bits per heavy atom. The Morgan fingerprint density at radius 2 is 2.05 bits per heavy atom. The number of thiocarbonyl (C=S) groups is 1. The number of nitro benzene ring substituents is 1. The average molecular weight is 345 g/mol. The fourth-order valence-corrected chi connectivity index (χ4v) is 1.86. The van der Waals surface area contributed by atoms with E-state index < -0.39 is 4.92 Å². The molecule has 1 aromatic carbocycles. The highest BCUT2D eigenvalue weighted by Crippen LogP contribution is 2.26. The van der Waals surface area contributed by atoms with Crippen molar-refractivity contribution in [3.05, 3.63) is 33.3 Å². The summed E-state index contributed by atoms with van der Waals surface area (Å²) in [6.07, 6.45) is 0. The number of hydrogen-bond donors (Lipinski definition) is 3. The lowest BCUT2D eigenvalue weighted by Gasteiger charge is -2.21. The zero-order valence-electron chi connectivity index (χ0n) is 12.4. The lowest BCUT2D eigenvalue weighted by atomic mass is 10.1. The predicted octanol–water partition coefficient (Wildman–Crippen LogP) is 2.45. The third-order valence-electron chi connectivity index (χ3n) is 2.33. The van der Waals surface area contributed by atoms with Crippen LogP contribution in [0.2, 0.25) is 5.02 Å². The maximum Gasteiger partial charge on any atom is 0.271 e. The first-order valence-corrected chi connectivity index (χ1v) is 7.17. The standard InChI is InChI=1S/C13H17ClN4O3S/c1-13(2,3)17-11(19)7-15-12(22)16-10-6-8(18(20)21)4-5-9(10)14/h4-6H,7H2,1-3H3,(H,17,19)(H2,15,16,22). The lowest BCUT2D eigenvalue weighted by Crippen LogP contribution is -2.46. The minimum absolute atomic E-state index is 0.0182. The van der Waals surface area contributed by atoms with E-state index in [2.05, 4.69) is 16.0 Å². The van der Waals surface area contributed by atoms with Gasteiger partial charge in [0.15, 0.2) is 5.11 Å². The summed E-state index contributed by atoms with van der Waals surface area (Å²) < 4.78 is 0. The highest BCUT2D eigenvalue weighted by Gasteiger charge is 2.14. The second kappa shape index (κ2) is 7.37. The van der Waals surface area contributed by atoms with E-state index in [1.54, 1.807) is 0 Å². The molecule has 0 fully saturated rings. The van der Waals surface area contributed by atoms with Crippen LogP contribution in [0, 0.1) is 10.1 Å². The number of nitrogens with zero attached hydrogens (tertiary/aromatic N) is 1. The van der Waals surface area contributed by atoms with Gasteiger partial charge in [0.1, 0.15) is 0 Å². The highest BCUT2D eigenvalue weighted by molar-refractivity contribution is 7.80. The van der Waals surface area contributed by atoms with Crippen LogP contribution in [0.4, 0.5) is 11.4 Å². The normalized spacial score (nSPS) is 10.7. The van der Waals surface area contributed by atoms with Crippen LogP contribution in [-0.2, 0) is 4.79 Å². The first-order valence-electron chi connectivity index (χ1n) is 6.38. The molecule has 0 aliphatic carbocycles. The molecule has 0 unspecified atom stereocenters. The lowest BCUT2D eigenvalue weighted by molar-refractivity contribution is -0.384. The smallest absolute Gasteiger partial charge is 0.271 e. The van der Waals surface area contributed by atoms with Gasteiger partial charge in [-0.15, -0.1) is 0 Å². The summed E-state index contributed by atoms with van der Waals surface area (Å²) >= 11 is 11.0. The van der Waals surface area contributed by atoms with Crippen molar-refractivity contribution in [3.63, 3.8) is 0 Å². The highest BCUT2D eigenvalue weighted by atomic mass is 35.5. The zero-order valence-corrected chi connectivity index (χ0v) is 14.0. The minimum atomic E-state index is -0.533. The van der Waals surface area contributed by atoms with Gasteiger partial charge >= 0.3 is 0 Å². The van der Waals surface area contributed by atoms with E-state index in [1.807, 2.05) is 20.8 Å². The maximum atomic E-state index is 11.6. The number of carbonyl (C=O) groups excluding carboxylic acids is 1. The second-order valence-electron chi connectivity index (χ2n) is 5.53. The van der Waals surface area contributed by atoms with Crippen molar-refractivity contribution in [1.82, 2.24) is 10.6 Å². The average Bonchev–Trinajstić information content (AvgIpc) is 2.36. The monoisotopic (exact) mass is 344 g/mol. The quantitative estimate of drug-likeness (QED) is 0.441. The molecule has 1 amide bonds. The molecule has 0 radical (unpaired) electrons. The molecular weight excluding hydrogens is 328 g/mol. The van der Waals surface area contributed by atoms with Crippen LogP contribution in [0.5, 0.6) is 0 Å². The molecule has 22 heavy (non-hydrogen) atoms. The van der Waals surface area contributed by atoms with Crippen molar-refractivity contribution < 1.29 is 9.72 Å². The summed E-state index contributed by atoms with van der Waals surface area (Å²) in [7, 11) is 0. The van der Waals surface area contributed by atoms with Gasteiger partial charge in [-0.25, -0.2) is 0 Å². The molecule has 7 nitrogen and oxygen atoms in total. The molecule has 0 saturated heterocycles. The summed E-state index contributed by atoms with van der Waals surface area (Å²) in [6, 6.07) is 3.96. The number of nitrogens with one attached hydrogen (secondary N) is 3. The van der Waals surface area contributed by atoms with E-state index in [9.17, 15) is 14.9 Å².